The van der Waals surface area contributed by atoms with Gasteiger partial charge in [0.2, 0.25) is 5.89 Å². The molecule has 2 heterocycles. The fourth-order valence-corrected chi connectivity index (χ4v) is 2.81. The molecule has 0 atom stereocenters. The minimum absolute atomic E-state index is 0.368. The summed E-state index contributed by atoms with van der Waals surface area (Å²) in [6.45, 7) is 6.07. The molecule has 124 valence electrons. The smallest absolute Gasteiger partial charge is 0.270 e. The van der Waals surface area contributed by atoms with Crippen molar-refractivity contribution in [1.82, 2.24) is 25.2 Å². The van der Waals surface area contributed by atoms with Crippen LogP contribution in [0.4, 0.5) is 0 Å². The van der Waals surface area contributed by atoms with Crippen molar-refractivity contribution in [3.63, 3.8) is 0 Å². The number of benzene rings is 2. The Morgan fingerprint density at radius 3 is 2.36 bits per heavy atom. The molecule has 0 aliphatic heterocycles. The maximum Gasteiger partial charge on any atom is 0.270 e. The molecule has 0 unspecified atom stereocenters. The van der Waals surface area contributed by atoms with Crippen molar-refractivity contribution >= 4 is 0 Å². The summed E-state index contributed by atoms with van der Waals surface area (Å²) in [5.74, 6) is 0.837. The summed E-state index contributed by atoms with van der Waals surface area (Å²) in [5, 5.41) is 16.8. The van der Waals surface area contributed by atoms with Gasteiger partial charge >= 0.3 is 0 Å². The van der Waals surface area contributed by atoms with Crippen LogP contribution in [0, 0.1) is 20.8 Å². The summed E-state index contributed by atoms with van der Waals surface area (Å²) in [7, 11) is 0. The van der Waals surface area contributed by atoms with Gasteiger partial charge in [-0.15, -0.1) is 15.3 Å². The molecular formula is C19H17N5O. The third-order valence-electron chi connectivity index (χ3n) is 4.12. The van der Waals surface area contributed by atoms with Gasteiger partial charge in [0, 0.05) is 5.56 Å². The van der Waals surface area contributed by atoms with Crippen LogP contribution < -0.4 is 0 Å². The lowest BCUT2D eigenvalue weighted by Crippen LogP contribution is -2.01. The topological polar surface area (TPSA) is 69.6 Å². The average molecular weight is 331 g/mol. The van der Waals surface area contributed by atoms with E-state index in [0.29, 0.717) is 17.5 Å². The average Bonchev–Trinajstić information content (AvgIpc) is 3.23. The first kappa shape index (κ1) is 15.3. The van der Waals surface area contributed by atoms with E-state index >= 15 is 0 Å². The second kappa shape index (κ2) is 5.98. The number of nitrogens with zero attached hydrogens (tertiary/aromatic N) is 5. The molecule has 6 nitrogen and oxygen atoms in total. The largest absolute Gasteiger partial charge is 0.414 e. The maximum absolute atomic E-state index is 5.80. The zero-order valence-corrected chi connectivity index (χ0v) is 14.3. The Balaban J connectivity index is 1.74. The van der Waals surface area contributed by atoms with Crippen molar-refractivity contribution in [1.29, 1.82) is 0 Å². The Kier molecular flexibility index (Phi) is 3.65. The van der Waals surface area contributed by atoms with Gasteiger partial charge in [0.25, 0.3) is 5.89 Å². The second-order valence-corrected chi connectivity index (χ2v) is 6.00. The van der Waals surface area contributed by atoms with Crippen LogP contribution in [0.1, 0.15) is 16.8 Å². The van der Waals surface area contributed by atoms with Gasteiger partial charge in [-0.1, -0.05) is 41.1 Å². The van der Waals surface area contributed by atoms with Gasteiger partial charge in [0.1, 0.15) is 0 Å². The van der Waals surface area contributed by atoms with E-state index < -0.39 is 0 Å². The Hall–Kier alpha value is -3.28. The molecule has 25 heavy (non-hydrogen) atoms. The normalized spacial score (nSPS) is 11.0. The molecular weight excluding hydrogens is 314 g/mol. The highest BCUT2D eigenvalue weighted by Crippen LogP contribution is 2.26. The number of hydrogen-bond donors (Lipinski definition) is 0. The first-order valence-corrected chi connectivity index (χ1v) is 8.02. The third-order valence-corrected chi connectivity index (χ3v) is 4.12. The molecule has 2 aromatic heterocycles. The SMILES string of the molecule is Cc1ccc(-n2nnc(-c3nnc(-c4ccccc4)o3)c2C)c(C)c1. The molecule has 0 saturated carbocycles. The van der Waals surface area contributed by atoms with Gasteiger partial charge in [-0.3, -0.25) is 0 Å². The first-order valence-electron chi connectivity index (χ1n) is 8.02. The lowest BCUT2D eigenvalue weighted by Gasteiger charge is -2.07. The van der Waals surface area contributed by atoms with E-state index in [0.717, 1.165) is 22.5 Å². The van der Waals surface area contributed by atoms with Crippen LogP contribution >= 0.6 is 0 Å². The first-order chi connectivity index (χ1) is 12.1. The summed E-state index contributed by atoms with van der Waals surface area (Å²) in [4.78, 5) is 0. The van der Waals surface area contributed by atoms with Crippen LogP contribution in [-0.4, -0.2) is 25.2 Å². The number of hydrogen-bond acceptors (Lipinski definition) is 5. The second-order valence-electron chi connectivity index (χ2n) is 6.00. The van der Waals surface area contributed by atoms with E-state index in [-0.39, 0.29) is 0 Å². The maximum atomic E-state index is 5.80. The van der Waals surface area contributed by atoms with Crippen molar-refractivity contribution < 1.29 is 4.42 Å². The molecule has 4 rings (SSSR count). The van der Waals surface area contributed by atoms with E-state index in [1.807, 2.05) is 43.3 Å². The molecule has 2 aromatic carbocycles. The van der Waals surface area contributed by atoms with Crippen LogP contribution in [0.3, 0.4) is 0 Å². The van der Waals surface area contributed by atoms with Gasteiger partial charge in [-0.25, -0.2) is 4.68 Å². The minimum atomic E-state index is 0.368. The van der Waals surface area contributed by atoms with E-state index in [4.69, 9.17) is 4.42 Å². The van der Waals surface area contributed by atoms with Crippen molar-refractivity contribution in [2.75, 3.05) is 0 Å². The van der Waals surface area contributed by atoms with Gasteiger partial charge in [0.05, 0.1) is 11.4 Å². The zero-order chi connectivity index (χ0) is 17.4. The number of aryl methyl sites for hydroxylation is 2. The summed E-state index contributed by atoms with van der Waals surface area (Å²) in [5.41, 5.74) is 5.66. The van der Waals surface area contributed by atoms with Gasteiger partial charge < -0.3 is 4.42 Å². The molecule has 0 spiro atoms. The third kappa shape index (κ3) is 2.71. The Labute approximate surface area is 145 Å². The van der Waals surface area contributed by atoms with Crippen LogP contribution in [0.25, 0.3) is 28.7 Å². The van der Waals surface area contributed by atoms with Crippen molar-refractivity contribution in [2.24, 2.45) is 0 Å². The molecule has 0 N–H and O–H groups in total. The van der Waals surface area contributed by atoms with E-state index in [1.165, 1.54) is 5.56 Å². The highest BCUT2D eigenvalue weighted by molar-refractivity contribution is 5.57. The molecule has 0 radical (unpaired) electrons. The fraction of sp³-hybridized carbons (Fsp3) is 0.158. The van der Waals surface area contributed by atoms with Crippen LogP contribution in [0.2, 0.25) is 0 Å². The Morgan fingerprint density at radius 1 is 0.840 bits per heavy atom. The monoisotopic (exact) mass is 331 g/mol. The lowest BCUT2D eigenvalue weighted by atomic mass is 10.1. The van der Waals surface area contributed by atoms with Gasteiger partial charge in [0.15, 0.2) is 5.69 Å². The molecule has 0 amide bonds. The lowest BCUT2D eigenvalue weighted by molar-refractivity contribution is 0.581. The summed E-state index contributed by atoms with van der Waals surface area (Å²) in [6, 6.07) is 15.9. The molecule has 0 fully saturated rings. The molecule has 6 heteroatoms. The highest BCUT2D eigenvalue weighted by Gasteiger charge is 2.19. The van der Waals surface area contributed by atoms with Crippen LogP contribution in [-0.2, 0) is 0 Å². The number of rotatable bonds is 3. The van der Waals surface area contributed by atoms with E-state index in [9.17, 15) is 0 Å². The molecule has 0 aliphatic rings. The highest BCUT2D eigenvalue weighted by atomic mass is 16.4. The van der Waals surface area contributed by atoms with Gasteiger partial charge in [-0.05, 0) is 44.5 Å². The van der Waals surface area contributed by atoms with Crippen LogP contribution in [0.15, 0.2) is 52.9 Å². The van der Waals surface area contributed by atoms with E-state index in [1.54, 1.807) is 4.68 Å². The molecule has 0 aliphatic carbocycles. The Bertz CT molecular complexity index is 1030. The van der Waals surface area contributed by atoms with Crippen molar-refractivity contribution in [3.05, 3.63) is 65.4 Å². The number of aromatic nitrogens is 5. The standard InChI is InChI=1S/C19H17N5O/c1-12-9-10-16(13(2)11-12)24-14(3)17(20-23-24)19-22-21-18(25-19)15-7-5-4-6-8-15/h4-11H,1-3H3. The van der Waals surface area contributed by atoms with Gasteiger partial charge in [-0.2, -0.15) is 0 Å². The predicted molar refractivity (Wildman–Crippen MR) is 94.3 cm³/mol. The fourth-order valence-electron chi connectivity index (χ4n) is 2.81. The minimum Gasteiger partial charge on any atom is -0.414 e. The summed E-state index contributed by atoms with van der Waals surface area (Å²) in [6.07, 6.45) is 0. The predicted octanol–water partition coefficient (Wildman–Crippen LogP) is 3.91. The molecule has 0 saturated heterocycles. The van der Waals surface area contributed by atoms with E-state index in [2.05, 4.69) is 46.5 Å². The van der Waals surface area contributed by atoms with Crippen molar-refractivity contribution in [3.8, 4) is 28.7 Å². The Morgan fingerprint density at radius 2 is 1.60 bits per heavy atom. The zero-order valence-electron chi connectivity index (χ0n) is 14.3. The summed E-state index contributed by atoms with van der Waals surface area (Å²) >= 11 is 0. The molecule has 0 bridgehead atoms. The molecule has 4 aromatic rings. The summed E-state index contributed by atoms with van der Waals surface area (Å²) < 4.78 is 7.60. The van der Waals surface area contributed by atoms with Crippen molar-refractivity contribution in [2.45, 2.75) is 20.8 Å². The quantitative estimate of drug-likeness (QED) is 0.569. The van der Waals surface area contributed by atoms with Crippen LogP contribution in [0.5, 0.6) is 0 Å².